The van der Waals surface area contributed by atoms with Crippen LogP contribution in [-0.4, -0.2) is 160 Å². The summed E-state index contributed by atoms with van der Waals surface area (Å²) < 4.78 is 19.6. The van der Waals surface area contributed by atoms with Crippen molar-refractivity contribution in [2.45, 2.75) is 104 Å². The molecule has 3 N–H and O–H groups in total. The smallest absolute Gasteiger partial charge is 0.324 e. The van der Waals surface area contributed by atoms with E-state index in [1.165, 1.54) is 16.2 Å². The van der Waals surface area contributed by atoms with E-state index in [1.807, 2.05) is 39.1 Å². The van der Waals surface area contributed by atoms with E-state index >= 15 is 0 Å². The van der Waals surface area contributed by atoms with Gasteiger partial charge in [0, 0.05) is 87.9 Å². The number of hydrazine groups is 1. The second-order valence-corrected chi connectivity index (χ2v) is 21.0. The first-order valence-corrected chi connectivity index (χ1v) is 25.7. The van der Waals surface area contributed by atoms with Gasteiger partial charge in [0.05, 0.1) is 49.8 Å². The summed E-state index contributed by atoms with van der Waals surface area (Å²) in [7, 11) is 3.24. The molecule has 2 aromatic heterocycles. The van der Waals surface area contributed by atoms with Crippen LogP contribution >= 0.6 is 67.5 Å². The molecule has 4 aliphatic rings. The minimum absolute atomic E-state index is 0. The number of esters is 1. The molecule has 2 aromatic carbocycles. The summed E-state index contributed by atoms with van der Waals surface area (Å²) in [5.74, 6) is 2.62. The normalized spacial score (nSPS) is 20.1. The van der Waals surface area contributed by atoms with Gasteiger partial charge in [0.15, 0.2) is 0 Å². The lowest BCUT2D eigenvalue weighted by atomic mass is 9.84. The molecule has 0 saturated carbocycles. The minimum Gasteiger partial charge on any atom is -0.508 e. The van der Waals surface area contributed by atoms with Crippen LogP contribution in [0.4, 0.5) is 0 Å². The van der Waals surface area contributed by atoms with Gasteiger partial charge in [-0.15, -0.1) is 0 Å². The van der Waals surface area contributed by atoms with Crippen molar-refractivity contribution in [3.05, 3.63) is 65.7 Å². The number of methoxy groups -OCH3 is 1. The van der Waals surface area contributed by atoms with Gasteiger partial charge in [-0.2, -0.15) is 67.5 Å². The van der Waals surface area contributed by atoms with Crippen molar-refractivity contribution in [1.82, 2.24) is 45.0 Å². The van der Waals surface area contributed by atoms with E-state index in [4.69, 9.17) is 14.2 Å². The van der Waals surface area contributed by atoms with E-state index in [1.54, 1.807) is 31.2 Å². The highest BCUT2D eigenvalue weighted by molar-refractivity contribution is 7.60. The fourth-order valence-electron chi connectivity index (χ4n) is 10.8. The van der Waals surface area contributed by atoms with Gasteiger partial charge in [-0.3, -0.25) is 33.9 Å². The predicted molar refractivity (Wildman–Crippen MR) is 326 cm³/mol. The Hall–Kier alpha value is -4.64. The van der Waals surface area contributed by atoms with Crippen LogP contribution in [0.5, 0.6) is 5.75 Å². The molecule has 0 spiro atoms. The number of ether oxygens (including phenoxy) is 3. The quantitative estimate of drug-likeness (QED) is 0.141. The average Bonchev–Trinajstić information content (AvgIpc) is 4.00. The van der Waals surface area contributed by atoms with E-state index in [0.29, 0.717) is 69.7 Å². The van der Waals surface area contributed by atoms with Crippen molar-refractivity contribution >= 4 is 108 Å². The molecule has 0 unspecified atom stereocenters. The highest BCUT2D eigenvalue weighted by atomic mass is 32.1. The summed E-state index contributed by atoms with van der Waals surface area (Å²) in [4.78, 5) is 85.1. The number of phenolic OH excluding ortho intramolecular Hbond substituents is 1. The average molecular weight is 1170 g/mol. The minimum atomic E-state index is -1.19. The number of hydrogen-bond donors (Lipinski definition) is 3. The van der Waals surface area contributed by atoms with Crippen LogP contribution in [0.1, 0.15) is 83.7 Å². The SMILES string of the molecule is CCn1c(-c2cncnc2[C@H](C)OC)c2c3cc(ccc31)-c1cc(O)cc(c1)C[C@H](NC(=O)[C@H](C(C)C)N(C)C(=O)[C@H]1CCN(C(=O)C#CCN3CCOCC3)C1)C(=O)N1CCC[C@H](N1)C(=O)OCC(C)(C)C2.S.S.S.S.S. The molecule has 0 radical (unpaired) electrons. The number of fused-ring (bicyclic) bond motifs is 6. The molecule has 4 aromatic rings. The lowest BCUT2D eigenvalue weighted by molar-refractivity contribution is -0.155. The summed E-state index contributed by atoms with van der Waals surface area (Å²) in [5, 5.41) is 16.8. The third kappa shape index (κ3) is 15.4. The number of likely N-dealkylation sites (N-methyl/N-ethyl adjacent to an activating group) is 1. The molecular formula is C55H81N9O9S5. The Morgan fingerprint density at radius 3 is 2.41 bits per heavy atom. The van der Waals surface area contributed by atoms with Crippen LogP contribution in [0.2, 0.25) is 0 Å². The Labute approximate surface area is 494 Å². The summed E-state index contributed by atoms with van der Waals surface area (Å²) in [6.07, 6.45) is 4.84. The summed E-state index contributed by atoms with van der Waals surface area (Å²) in [6, 6.07) is 8.37. The van der Waals surface area contributed by atoms with Crippen LogP contribution in [0.25, 0.3) is 33.3 Å². The van der Waals surface area contributed by atoms with E-state index in [9.17, 15) is 29.1 Å². The van der Waals surface area contributed by atoms with Crippen molar-refractivity contribution in [1.29, 1.82) is 0 Å². The number of likely N-dealkylation sites (tertiary alicyclic amines) is 1. The van der Waals surface area contributed by atoms with Crippen molar-refractivity contribution in [2.75, 3.05) is 73.2 Å². The van der Waals surface area contributed by atoms with Gasteiger partial charge in [0.25, 0.3) is 11.8 Å². The largest absolute Gasteiger partial charge is 0.508 e. The molecular weight excluding hydrogens is 1090 g/mol. The number of aromatic hydroxyl groups is 1. The monoisotopic (exact) mass is 1170 g/mol. The number of phenols is 1. The highest BCUT2D eigenvalue weighted by Gasteiger charge is 2.40. The van der Waals surface area contributed by atoms with Crippen LogP contribution in [-0.2, 0) is 57.6 Å². The van der Waals surface area contributed by atoms with Gasteiger partial charge in [-0.25, -0.2) is 15.4 Å². The maximum atomic E-state index is 14.8. The first-order chi connectivity index (χ1) is 35.0. The molecule has 8 rings (SSSR count). The van der Waals surface area contributed by atoms with Gasteiger partial charge in [0.2, 0.25) is 11.8 Å². The summed E-state index contributed by atoms with van der Waals surface area (Å²) in [5.41, 5.74) is 9.14. The molecule has 430 valence electrons. The number of benzene rings is 2. The molecule has 4 aliphatic heterocycles. The van der Waals surface area contributed by atoms with Gasteiger partial charge < -0.3 is 39.0 Å². The van der Waals surface area contributed by atoms with Gasteiger partial charge in [-0.05, 0) is 97.9 Å². The van der Waals surface area contributed by atoms with Crippen LogP contribution in [0, 0.1) is 29.1 Å². The number of rotatable bonds is 10. The number of aryl methyl sites for hydroxylation is 1. The molecule has 78 heavy (non-hydrogen) atoms. The van der Waals surface area contributed by atoms with E-state index in [2.05, 4.69) is 74.9 Å². The Balaban J connectivity index is 0.00000320. The second-order valence-electron chi connectivity index (χ2n) is 21.0. The lowest BCUT2D eigenvalue weighted by Gasteiger charge is -2.37. The van der Waals surface area contributed by atoms with Crippen molar-refractivity contribution in [3.8, 4) is 40.0 Å². The van der Waals surface area contributed by atoms with Gasteiger partial charge in [-0.1, -0.05) is 45.7 Å². The molecule has 5 atom stereocenters. The molecule has 23 heteroatoms. The highest BCUT2D eigenvalue weighted by Crippen LogP contribution is 2.42. The number of morpholine rings is 1. The summed E-state index contributed by atoms with van der Waals surface area (Å²) >= 11 is 0. The predicted octanol–water partition coefficient (Wildman–Crippen LogP) is 5.08. The fourth-order valence-corrected chi connectivity index (χ4v) is 10.8. The van der Waals surface area contributed by atoms with E-state index < -0.39 is 47.2 Å². The molecule has 6 bridgehead atoms. The standard InChI is InChI=1S/C55H71N9O9.5H2S/c1-9-63-46-15-14-37-28-41(46)42(50(63)43-30-56-33-57-48(43)35(4)71-8)29-55(5,6)32-73-54(70)44-12-10-18-64(59-44)53(69)45(26-36-24-39(37)27-40(65)25-36)58-51(67)49(34(2)3)60(7)52(68)38-16-19-62(31-38)47(66)13-11-17-61-20-22-72-23-21-61;;;;;/h14-15,24-25,27-28,30,33-35,38,44-45,49,59,65H,9-10,12,16-23,26,29,31-32H2,1-8H3,(H,58,67);5*1H2/t35-,38-,44-,45-,49-;;;;;/m0...../s1. The molecule has 3 fully saturated rings. The van der Waals surface area contributed by atoms with Crippen LogP contribution < -0.4 is 10.7 Å². The number of nitrogens with one attached hydrogen (secondary N) is 2. The number of hydrogen-bond acceptors (Lipinski definition) is 13. The van der Waals surface area contributed by atoms with Crippen molar-refractivity contribution in [2.24, 2.45) is 17.3 Å². The number of carbonyl (C=O) groups excluding carboxylic acids is 5. The molecule has 3 saturated heterocycles. The molecule has 18 nitrogen and oxygen atoms in total. The first-order valence-electron chi connectivity index (χ1n) is 25.7. The zero-order valence-electron chi connectivity index (χ0n) is 46.0. The van der Waals surface area contributed by atoms with Gasteiger partial charge >= 0.3 is 5.97 Å². The molecule has 6 heterocycles. The lowest BCUT2D eigenvalue weighted by Crippen LogP contribution is -2.62. The summed E-state index contributed by atoms with van der Waals surface area (Å²) in [6.45, 7) is 16.6. The van der Waals surface area contributed by atoms with Crippen molar-refractivity contribution in [3.63, 3.8) is 0 Å². The maximum absolute atomic E-state index is 14.8. The van der Waals surface area contributed by atoms with E-state index in [0.717, 1.165) is 52.1 Å². The Morgan fingerprint density at radius 1 is 0.987 bits per heavy atom. The number of nitrogens with zero attached hydrogens (tertiary/aromatic N) is 7. The maximum Gasteiger partial charge on any atom is 0.324 e. The third-order valence-corrected chi connectivity index (χ3v) is 14.7. The molecule has 0 aliphatic carbocycles. The van der Waals surface area contributed by atoms with Crippen LogP contribution in [0.3, 0.4) is 0 Å². The molecule has 4 amide bonds. The Morgan fingerprint density at radius 2 is 1.72 bits per heavy atom. The van der Waals surface area contributed by atoms with Gasteiger partial charge in [0.1, 0.15) is 30.2 Å². The number of carbonyl (C=O) groups is 5. The van der Waals surface area contributed by atoms with E-state index in [-0.39, 0.29) is 123 Å². The Kier molecular flexibility index (Phi) is 25.8. The zero-order valence-corrected chi connectivity index (χ0v) is 51.0. The number of cyclic esters (lactones) is 1. The third-order valence-electron chi connectivity index (χ3n) is 14.7. The van der Waals surface area contributed by atoms with Crippen molar-refractivity contribution < 1.29 is 43.3 Å². The fraction of sp³-hybridized carbons (Fsp3) is 0.545. The second kappa shape index (κ2) is 29.7. The Bertz CT molecular complexity index is 2800. The van der Waals surface area contributed by atoms with Crippen LogP contribution in [0.15, 0.2) is 48.9 Å². The number of aromatic nitrogens is 3. The first kappa shape index (κ1) is 67.6. The zero-order chi connectivity index (χ0) is 52.1. The number of amides is 4. The topological polar surface area (TPSA) is 201 Å².